The fraction of sp³-hybridized carbons (Fsp3) is 0.286. The number of para-hydroxylation sites is 1. The van der Waals surface area contributed by atoms with Gasteiger partial charge in [-0.2, -0.15) is 0 Å². The molecule has 0 fully saturated rings. The Hall–Kier alpha value is -2.20. The third-order valence-electron chi connectivity index (χ3n) is 4.02. The maximum atomic E-state index is 12.5. The van der Waals surface area contributed by atoms with Crippen molar-refractivity contribution in [1.82, 2.24) is 16.2 Å². The molecular formula is C21H24IN3O3S. The van der Waals surface area contributed by atoms with Gasteiger partial charge in [-0.25, -0.2) is 0 Å². The molecule has 0 aliphatic rings. The minimum atomic E-state index is -0.407. The molecule has 0 saturated heterocycles. The van der Waals surface area contributed by atoms with Crippen LogP contribution < -0.4 is 20.9 Å². The number of halogens is 1. The van der Waals surface area contributed by atoms with Crippen molar-refractivity contribution in [3.8, 4) is 5.75 Å². The van der Waals surface area contributed by atoms with Crippen LogP contribution in [0.25, 0.3) is 0 Å². The average molecular weight is 525 g/mol. The lowest BCUT2D eigenvalue weighted by atomic mass is 10.2. The minimum Gasteiger partial charge on any atom is -0.493 e. The zero-order valence-electron chi connectivity index (χ0n) is 16.2. The molecule has 0 aliphatic heterocycles. The van der Waals surface area contributed by atoms with Gasteiger partial charge in [-0.1, -0.05) is 50.5 Å². The Kier molecular flexibility index (Phi) is 9.85. The van der Waals surface area contributed by atoms with Crippen LogP contribution in [0.3, 0.4) is 0 Å². The first-order valence-electron chi connectivity index (χ1n) is 9.41. The van der Waals surface area contributed by atoms with Crippen molar-refractivity contribution < 1.29 is 14.3 Å². The Bertz CT molecular complexity index is 861. The van der Waals surface area contributed by atoms with Crippen LogP contribution in [-0.4, -0.2) is 23.5 Å². The molecule has 0 bridgehead atoms. The summed E-state index contributed by atoms with van der Waals surface area (Å²) in [5.41, 5.74) is 5.93. The molecule has 154 valence electrons. The average Bonchev–Trinajstić information content (AvgIpc) is 2.72. The van der Waals surface area contributed by atoms with Gasteiger partial charge in [-0.15, -0.1) is 0 Å². The standard InChI is InChI=1S/C21H24IN3O3S/c1-2-3-4-9-14-28-18-13-8-6-11-16(18)19(26)23-21(29)25-24-20(27)15-10-5-7-12-17(15)22/h5-8,10-13H,2-4,9,14H2,1H3,(H,24,27)(H2,23,25,26,29). The van der Waals surface area contributed by atoms with Crippen LogP contribution in [0, 0.1) is 3.57 Å². The monoisotopic (exact) mass is 525 g/mol. The number of ether oxygens (including phenoxy) is 1. The van der Waals surface area contributed by atoms with E-state index in [0.717, 1.165) is 22.8 Å². The van der Waals surface area contributed by atoms with E-state index in [4.69, 9.17) is 17.0 Å². The van der Waals surface area contributed by atoms with E-state index in [2.05, 4.69) is 45.7 Å². The summed E-state index contributed by atoms with van der Waals surface area (Å²) in [5, 5.41) is 2.55. The maximum Gasteiger partial charge on any atom is 0.270 e. The van der Waals surface area contributed by atoms with Gasteiger partial charge in [-0.3, -0.25) is 25.8 Å². The summed E-state index contributed by atoms with van der Waals surface area (Å²) in [5.74, 6) is -0.246. The van der Waals surface area contributed by atoms with Gasteiger partial charge in [-0.05, 0) is 65.5 Å². The number of hydrazine groups is 1. The molecule has 0 aliphatic carbocycles. The number of hydrogen-bond donors (Lipinski definition) is 3. The Labute approximate surface area is 189 Å². The molecule has 6 nitrogen and oxygen atoms in total. The van der Waals surface area contributed by atoms with Crippen molar-refractivity contribution in [1.29, 1.82) is 0 Å². The highest BCUT2D eigenvalue weighted by molar-refractivity contribution is 14.1. The van der Waals surface area contributed by atoms with E-state index in [-0.39, 0.29) is 11.0 Å². The van der Waals surface area contributed by atoms with E-state index >= 15 is 0 Å². The summed E-state index contributed by atoms with van der Waals surface area (Å²) in [7, 11) is 0. The number of hydrogen-bond acceptors (Lipinski definition) is 4. The molecule has 0 atom stereocenters. The number of unbranched alkanes of at least 4 members (excludes halogenated alkanes) is 3. The smallest absolute Gasteiger partial charge is 0.270 e. The number of amides is 2. The predicted molar refractivity (Wildman–Crippen MR) is 126 cm³/mol. The SMILES string of the molecule is CCCCCCOc1ccccc1C(=O)NC(=S)NNC(=O)c1ccccc1I. The van der Waals surface area contributed by atoms with Crippen molar-refractivity contribution in [3.63, 3.8) is 0 Å². The normalized spacial score (nSPS) is 10.1. The third kappa shape index (κ3) is 7.62. The Morgan fingerprint density at radius 1 is 0.931 bits per heavy atom. The molecule has 0 heterocycles. The first-order chi connectivity index (χ1) is 14.0. The zero-order chi connectivity index (χ0) is 21.1. The van der Waals surface area contributed by atoms with E-state index in [1.54, 1.807) is 30.3 Å². The number of rotatable bonds is 8. The highest BCUT2D eigenvalue weighted by Gasteiger charge is 2.14. The number of thiocarbonyl (C=S) groups is 1. The van der Waals surface area contributed by atoms with Crippen molar-refractivity contribution >= 4 is 51.7 Å². The number of carbonyl (C=O) groups is 2. The van der Waals surface area contributed by atoms with Gasteiger partial charge in [0.05, 0.1) is 17.7 Å². The van der Waals surface area contributed by atoms with Gasteiger partial charge in [0.25, 0.3) is 11.8 Å². The van der Waals surface area contributed by atoms with E-state index in [1.807, 2.05) is 18.2 Å². The van der Waals surface area contributed by atoms with Gasteiger partial charge >= 0.3 is 0 Å². The fourth-order valence-electron chi connectivity index (χ4n) is 2.52. The van der Waals surface area contributed by atoms with Crippen LogP contribution in [0.2, 0.25) is 0 Å². The molecule has 2 aromatic carbocycles. The zero-order valence-corrected chi connectivity index (χ0v) is 19.1. The molecule has 0 spiro atoms. The fourth-order valence-corrected chi connectivity index (χ4v) is 3.30. The van der Waals surface area contributed by atoms with Gasteiger partial charge < -0.3 is 4.74 Å². The van der Waals surface area contributed by atoms with Gasteiger partial charge in [0.1, 0.15) is 5.75 Å². The van der Waals surface area contributed by atoms with Gasteiger partial charge in [0.2, 0.25) is 0 Å². The van der Waals surface area contributed by atoms with Crippen molar-refractivity contribution in [2.75, 3.05) is 6.61 Å². The maximum absolute atomic E-state index is 12.5. The summed E-state index contributed by atoms with van der Waals surface area (Å²) >= 11 is 7.19. The highest BCUT2D eigenvalue weighted by Crippen LogP contribution is 2.18. The number of benzene rings is 2. The largest absolute Gasteiger partial charge is 0.493 e. The molecule has 2 aromatic rings. The molecule has 29 heavy (non-hydrogen) atoms. The summed E-state index contributed by atoms with van der Waals surface area (Å²) in [6.07, 6.45) is 4.36. The van der Waals surface area contributed by atoms with Crippen LogP contribution in [-0.2, 0) is 0 Å². The third-order valence-corrected chi connectivity index (χ3v) is 5.17. The second-order valence-electron chi connectivity index (χ2n) is 6.25. The van der Waals surface area contributed by atoms with Crippen LogP contribution in [0.15, 0.2) is 48.5 Å². The highest BCUT2D eigenvalue weighted by atomic mass is 127. The van der Waals surface area contributed by atoms with Gasteiger partial charge in [0, 0.05) is 3.57 Å². The Morgan fingerprint density at radius 3 is 2.34 bits per heavy atom. The topological polar surface area (TPSA) is 79.5 Å². The predicted octanol–water partition coefficient (Wildman–Crippen LogP) is 4.20. The van der Waals surface area contributed by atoms with Crippen molar-refractivity contribution in [2.45, 2.75) is 32.6 Å². The van der Waals surface area contributed by atoms with Crippen LogP contribution in [0.4, 0.5) is 0 Å². The molecular weight excluding hydrogens is 501 g/mol. The lowest BCUT2D eigenvalue weighted by Crippen LogP contribution is -2.48. The molecule has 3 N–H and O–H groups in total. The lowest BCUT2D eigenvalue weighted by molar-refractivity contribution is 0.0933. The second kappa shape index (κ2) is 12.4. The summed E-state index contributed by atoms with van der Waals surface area (Å²) in [6, 6.07) is 14.2. The number of nitrogens with one attached hydrogen (secondary N) is 3. The summed E-state index contributed by atoms with van der Waals surface area (Å²) in [4.78, 5) is 24.7. The minimum absolute atomic E-state index is 0.00737. The molecule has 2 amide bonds. The molecule has 0 radical (unpaired) electrons. The van der Waals surface area contributed by atoms with Crippen LogP contribution >= 0.6 is 34.8 Å². The molecule has 8 heteroatoms. The summed E-state index contributed by atoms with van der Waals surface area (Å²) < 4.78 is 6.57. The molecule has 2 rings (SSSR count). The van der Waals surface area contributed by atoms with Crippen molar-refractivity contribution in [3.05, 3.63) is 63.2 Å². The summed E-state index contributed by atoms with van der Waals surface area (Å²) in [6.45, 7) is 2.71. The van der Waals surface area contributed by atoms with Gasteiger partial charge in [0.15, 0.2) is 5.11 Å². The quantitative estimate of drug-likeness (QED) is 0.209. The molecule has 0 saturated carbocycles. The van der Waals surface area contributed by atoms with E-state index in [1.165, 1.54) is 6.42 Å². The van der Waals surface area contributed by atoms with E-state index in [9.17, 15) is 9.59 Å². The van der Waals surface area contributed by atoms with Crippen LogP contribution in [0.5, 0.6) is 5.75 Å². The first kappa shape index (κ1) is 23.1. The number of carbonyl (C=O) groups excluding carboxylic acids is 2. The van der Waals surface area contributed by atoms with E-state index < -0.39 is 5.91 Å². The molecule has 0 aromatic heterocycles. The Morgan fingerprint density at radius 2 is 1.62 bits per heavy atom. The first-order valence-corrected chi connectivity index (χ1v) is 10.9. The van der Waals surface area contributed by atoms with Crippen molar-refractivity contribution in [2.24, 2.45) is 0 Å². The second-order valence-corrected chi connectivity index (χ2v) is 7.82. The Balaban J connectivity index is 1.87. The molecule has 0 unspecified atom stereocenters. The van der Waals surface area contributed by atoms with E-state index in [0.29, 0.717) is 23.5 Å². The van der Waals surface area contributed by atoms with Crippen LogP contribution in [0.1, 0.15) is 53.3 Å². The lowest BCUT2D eigenvalue weighted by Gasteiger charge is -2.14.